The van der Waals surface area contributed by atoms with E-state index in [1.165, 1.54) is 18.2 Å². The summed E-state index contributed by atoms with van der Waals surface area (Å²) in [4.78, 5) is 35.2. The molecule has 1 aromatic heterocycles. The lowest BCUT2D eigenvalue weighted by molar-refractivity contribution is -0.123. The van der Waals surface area contributed by atoms with Crippen LogP contribution in [0.15, 0.2) is 24.3 Å². The second kappa shape index (κ2) is 8.11. The van der Waals surface area contributed by atoms with Crippen molar-refractivity contribution in [1.29, 1.82) is 0 Å². The van der Waals surface area contributed by atoms with Gasteiger partial charge < -0.3 is 10.1 Å². The van der Waals surface area contributed by atoms with Crippen LogP contribution in [-0.2, 0) is 16.0 Å². The molecule has 0 saturated heterocycles. The van der Waals surface area contributed by atoms with Gasteiger partial charge in [0.05, 0.1) is 11.4 Å². The Morgan fingerprint density at radius 1 is 1.29 bits per heavy atom. The van der Waals surface area contributed by atoms with Gasteiger partial charge in [-0.15, -0.1) is 5.10 Å². The van der Waals surface area contributed by atoms with Crippen molar-refractivity contribution in [3.05, 3.63) is 40.7 Å². The van der Waals surface area contributed by atoms with E-state index in [9.17, 15) is 18.8 Å². The van der Waals surface area contributed by atoms with Crippen molar-refractivity contribution < 1.29 is 23.5 Å². The number of carbonyl (C=O) groups excluding carboxylic acids is 3. The summed E-state index contributed by atoms with van der Waals surface area (Å²) in [5.74, 6) is -2.24. The number of halogens is 1. The number of rotatable bonds is 5. The number of benzene rings is 1. The minimum absolute atomic E-state index is 0.0804. The summed E-state index contributed by atoms with van der Waals surface area (Å²) in [6, 6.07) is 4.55. The highest BCUT2D eigenvalue weighted by Crippen LogP contribution is 2.13. The van der Waals surface area contributed by atoms with Crippen LogP contribution in [-0.4, -0.2) is 34.1 Å². The second-order valence-electron chi connectivity index (χ2n) is 4.46. The molecule has 126 valence electrons. The molecule has 0 aliphatic rings. The third kappa shape index (κ3) is 4.56. The SMILES string of the molecule is CCc1nnsc1C(=O)OCC(=O)NC(=O)Nc1ccccc1F. The number of nitrogens with zero attached hydrogens (tertiary/aromatic N) is 2. The molecule has 1 aromatic carbocycles. The van der Waals surface area contributed by atoms with Crippen LogP contribution in [0.1, 0.15) is 22.3 Å². The third-order valence-electron chi connectivity index (χ3n) is 2.79. The zero-order valence-electron chi connectivity index (χ0n) is 12.5. The van der Waals surface area contributed by atoms with Gasteiger partial charge in [0, 0.05) is 0 Å². The number of imide groups is 1. The van der Waals surface area contributed by atoms with Crippen LogP contribution in [0, 0.1) is 5.82 Å². The Kier molecular flexibility index (Phi) is 5.90. The lowest BCUT2D eigenvalue weighted by Crippen LogP contribution is -2.37. The smallest absolute Gasteiger partial charge is 0.352 e. The molecule has 0 radical (unpaired) electrons. The maximum absolute atomic E-state index is 13.4. The first-order valence-corrected chi connectivity index (χ1v) is 7.62. The van der Waals surface area contributed by atoms with E-state index >= 15 is 0 Å². The summed E-state index contributed by atoms with van der Waals surface area (Å²) in [6.45, 7) is 1.14. The second-order valence-corrected chi connectivity index (χ2v) is 5.21. The van der Waals surface area contributed by atoms with Crippen LogP contribution in [0.3, 0.4) is 0 Å². The Balaban J connectivity index is 1.82. The first-order valence-electron chi connectivity index (χ1n) is 6.85. The Morgan fingerprint density at radius 2 is 2.04 bits per heavy atom. The highest BCUT2D eigenvalue weighted by Gasteiger charge is 2.18. The van der Waals surface area contributed by atoms with E-state index in [-0.39, 0.29) is 10.6 Å². The van der Waals surface area contributed by atoms with E-state index in [1.807, 2.05) is 5.32 Å². The van der Waals surface area contributed by atoms with Gasteiger partial charge in [-0.3, -0.25) is 10.1 Å². The minimum Gasteiger partial charge on any atom is -0.451 e. The molecular weight excluding hydrogens is 339 g/mol. The molecule has 0 aliphatic carbocycles. The Labute approximate surface area is 140 Å². The van der Waals surface area contributed by atoms with Gasteiger partial charge in [-0.05, 0) is 30.1 Å². The topological polar surface area (TPSA) is 110 Å². The van der Waals surface area contributed by atoms with Crippen LogP contribution >= 0.6 is 11.5 Å². The number of carbonyl (C=O) groups is 3. The largest absolute Gasteiger partial charge is 0.451 e. The average molecular weight is 352 g/mol. The van der Waals surface area contributed by atoms with Crippen molar-refractivity contribution in [2.75, 3.05) is 11.9 Å². The van der Waals surface area contributed by atoms with Crippen LogP contribution in [0.4, 0.5) is 14.9 Å². The molecule has 0 unspecified atom stereocenters. The number of anilines is 1. The molecule has 0 saturated carbocycles. The fourth-order valence-corrected chi connectivity index (χ4v) is 2.32. The van der Waals surface area contributed by atoms with Crippen LogP contribution in [0.2, 0.25) is 0 Å². The number of hydrogen-bond donors (Lipinski definition) is 2. The van der Waals surface area contributed by atoms with Crippen molar-refractivity contribution in [2.45, 2.75) is 13.3 Å². The van der Waals surface area contributed by atoms with Crippen LogP contribution in [0.25, 0.3) is 0 Å². The number of amides is 3. The zero-order valence-corrected chi connectivity index (χ0v) is 13.4. The number of aryl methyl sites for hydroxylation is 1. The molecular formula is C14H13FN4O4S. The minimum atomic E-state index is -0.935. The molecule has 10 heteroatoms. The van der Waals surface area contributed by atoms with Crippen molar-refractivity contribution in [1.82, 2.24) is 14.9 Å². The third-order valence-corrected chi connectivity index (χ3v) is 3.53. The molecule has 24 heavy (non-hydrogen) atoms. The predicted molar refractivity (Wildman–Crippen MR) is 83.1 cm³/mol. The molecule has 2 aromatic rings. The van der Waals surface area contributed by atoms with E-state index in [4.69, 9.17) is 4.74 Å². The van der Waals surface area contributed by atoms with E-state index in [2.05, 4.69) is 14.9 Å². The number of para-hydroxylation sites is 1. The van der Waals surface area contributed by atoms with Gasteiger partial charge in [-0.1, -0.05) is 23.5 Å². The monoisotopic (exact) mass is 352 g/mol. The number of esters is 1. The molecule has 0 fully saturated rings. The normalized spacial score (nSPS) is 10.1. The molecule has 2 rings (SSSR count). The average Bonchev–Trinajstić information content (AvgIpc) is 3.03. The summed E-state index contributed by atoms with van der Waals surface area (Å²) in [7, 11) is 0. The number of hydrogen-bond acceptors (Lipinski definition) is 7. The summed E-state index contributed by atoms with van der Waals surface area (Å²) < 4.78 is 21.8. The quantitative estimate of drug-likeness (QED) is 0.793. The maximum Gasteiger partial charge on any atom is 0.352 e. The van der Waals surface area contributed by atoms with Crippen molar-refractivity contribution in [3.8, 4) is 0 Å². The van der Waals surface area contributed by atoms with Gasteiger partial charge in [0.15, 0.2) is 11.5 Å². The molecule has 0 spiro atoms. The van der Waals surface area contributed by atoms with Crippen molar-refractivity contribution >= 4 is 35.1 Å². The molecule has 3 amide bonds. The van der Waals surface area contributed by atoms with Crippen LogP contribution in [0.5, 0.6) is 0 Å². The summed E-state index contributed by atoms with van der Waals surface area (Å²) in [5, 5.41) is 7.85. The van der Waals surface area contributed by atoms with Crippen LogP contribution < -0.4 is 10.6 Å². The van der Waals surface area contributed by atoms with Gasteiger partial charge >= 0.3 is 12.0 Å². The lowest BCUT2D eigenvalue weighted by Gasteiger charge is -2.07. The first-order chi connectivity index (χ1) is 11.5. The number of ether oxygens (including phenoxy) is 1. The van der Waals surface area contributed by atoms with Crippen molar-refractivity contribution in [2.24, 2.45) is 0 Å². The Bertz CT molecular complexity index is 765. The van der Waals surface area contributed by atoms with E-state index in [0.29, 0.717) is 12.1 Å². The van der Waals surface area contributed by atoms with E-state index < -0.39 is 30.3 Å². The fourth-order valence-electron chi connectivity index (χ4n) is 1.67. The zero-order chi connectivity index (χ0) is 17.5. The maximum atomic E-state index is 13.4. The lowest BCUT2D eigenvalue weighted by atomic mass is 10.3. The first kappa shape index (κ1) is 17.5. The predicted octanol–water partition coefficient (Wildman–Crippen LogP) is 1.74. The van der Waals surface area contributed by atoms with E-state index in [1.54, 1.807) is 6.92 Å². The summed E-state index contributed by atoms with van der Waals surface area (Å²) in [5.41, 5.74) is 0.394. The molecule has 0 aliphatic heterocycles. The van der Waals surface area contributed by atoms with Crippen molar-refractivity contribution in [3.63, 3.8) is 0 Å². The molecule has 8 nitrogen and oxygen atoms in total. The molecule has 1 heterocycles. The van der Waals surface area contributed by atoms with Gasteiger partial charge in [0.25, 0.3) is 5.91 Å². The Hall–Kier alpha value is -2.88. The number of urea groups is 1. The Morgan fingerprint density at radius 3 is 2.75 bits per heavy atom. The summed E-state index contributed by atoms with van der Waals surface area (Å²) in [6.07, 6.45) is 0.498. The molecule has 2 N–H and O–H groups in total. The molecule has 0 atom stereocenters. The van der Waals surface area contributed by atoms with Gasteiger partial charge in [-0.2, -0.15) is 0 Å². The standard InChI is InChI=1S/C14H13FN4O4S/c1-2-9-12(24-19-18-9)13(21)23-7-11(20)17-14(22)16-10-6-4-3-5-8(10)15/h3-6H,2,7H2,1H3,(H2,16,17,20,22). The number of nitrogens with one attached hydrogen (secondary N) is 2. The van der Waals surface area contributed by atoms with Gasteiger partial charge in [-0.25, -0.2) is 14.0 Å². The number of aromatic nitrogens is 2. The highest BCUT2D eigenvalue weighted by molar-refractivity contribution is 7.07. The molecule has 0 bridgehead atoms. The van der Waals surface area contributed by atoms with E-state index in [0.717, 1.165) is 17.6 Å². The van der Waals surface area contributed by atoms with Gasteiger partial charge in [0.1, 0.15) is 5.82 Å². The fraction of sp³-hybridized carbons (Fsp3) is 0.214. The highest BCUT2D eigenvalue weighted by atomic mass is 32.1. The van der Waals surface area contributed by atoms with Gasteiger partial charge in [0.2, 0.25) is 0 Å². The summed E-state index contributed by atoms with van der Waals surface area (Å²) >= 11 is 0.863.